The van der Waals surface area contributed by atoms with Crippen LogP contribution in [0.25, 0.3) is 11.0 Å². The van der Waals surface area contributed by atoms with E-state index in [9.17, 15) is 4.79 Å². The third-order valence-corrected chi connectivity index (χ3v) is 3.86. The van der Waals surface area contributed by atoms with Crippen molar-refractivity contribution in [2.75, 3.05) is 4.90 Å². The molecule has 104 valence electrons. The Labute approximate surface area is 121 Å². The molecule has 0 fully saturated rings. The van der Waals surface area contributed by atoms with E-state index in [0.29, 0.717) is 5.56 Å². The fraction of sp³-hybridized carbons (Fsp3) is 0.125. The van der Waals surface area contributed by atoms with Crippen molar-refractivity contribution in [1.82, 2.24) is 9.55 Å². The van der Waals surface area contributed by atoms with Crippen LogP contribution in [-0.2, 0) is 13.2 Å². The van der Waals surface area contributed by atoms with E-state index in [1.807, 2.05) is 30.3 Å². The summed E-state index contributed by atoms with van der Waals surface area (Å²) in [7, 11) is 0. The molecule has 4 rings (SSSR count). The number of carboxylic acids is 1. The largest absolute Gasteiger partial charge is 0.478 e. The minimum atomic E-state index is -0.901. The Morgan fingerprint density at radius 1 is 1.10 bits per heavy atom. The lowest BCUT2D eigenvalue weighted by molar-refractivity contribution is 0.0697. The number of carbonyl (C=O) groups is 1. The molecule has 0 radical (unpaired) electrons. The Hall–Kier alpha value is -2.82. The maximum absolute atomic E-state index is 10.9. The van der Waals surface area contributed by atoms with Gasteiger partial charge in [-0.15, -0.1) is 0 Å². The second-order valence-electron chi connectivity index (χ2n) is 5.14. The first-order valence-electron chi connectivity index (χ1n) is 6.75. The van der Waals surface area contributed by atoms with E-state index in [-0.39, 0.29) is 0 Å². The first-order valence-corrected chi connectivity index (χ1v) is 6.75. The lowest BCUT2D eigenvalue weighted by Crippen LogP contribution is -2.16. The molecule has 0 saturated heterocycles. The van der Waals surface area contributed by atoms with Gasteiger partial charge in [0.25, 0.3) is 0 Å². The predicted molar refractivity (Wildman–Crippen MR) is 79.3 cm³/mol. The number of aromatic nitrogens is 2. The molecule has 3 aromatic rings. The minimum absolute atomic E-state index is 0.307. The van der Waals surface area contributed by atoms with Gasteiger partial charge in [-0.2, -0.15) is 0 Å². The normalized spacial score (nSPS) is 13.6. The summed E-state index contributed by atoms with van der Waals surface area (Å²) in [6, 6.07) is 15.1. The molecular weight excluding hydrogens is 266 g/mol. The molecule has 2 heterocycles. The van der Waals surface area contributed by atoms with Crippen molar-refractivity contribution >= 4 is 22.7 Å². The highest BCUT2D eigenvalue weighted by molar-refractivity contribution is 5.88. The summed E-state index contributed by atoms with van der Waals surface area (Å²) in [4.78, 5) is 17.7. The number of hydrogen-bond acceptors (Lipinski definition) is 3. The summed E-state index contributed by atoms with van der Waals surface area (Å²) in [6.07, 6.45) is 0. The lowest BCUT2D eigenvalue weighted by Gasteiger charge is -2.17. The molecule has 5 heteroatoms. The third-order valence-electron chi connectivity index (χ3n) is 3.86. The molecule has 1 aliphatic rings. The van der Waals surface area contributed by atoms with Crippen LogP contribution < -0.4 is 4.90 Å². The van der Waals surface area contributed by atoms with E-state index >= 15 is 0 Å². The molecule has 0 spiro atoms. The first kappa shape index (κ1) is 12.0. The fourth-order valence-electron chi connectivity index (χ4n) is 2.78. The van der Waals surface area contributed by atoms with Crippen molar-refractivity contribution in [2.24, 2.45) is 0 Å². The van der Waals surface area contributed by atoms with Gasteiger partial charge in [0.15, 0.2) is 0 Å². The maximum Gasteiger partial charge on any atom is 0.335 e. The number of anilines is 1. The van der Waals surface area contributed by atoms with Gasteiger partial charge in [0.2, 0.25) is 0 Å². The summed E-state index contributed by atoms with van der Waals surface area (Å²) in [6.45, 7) is 1.48. The number of hydrogen-bond donors (Lipinski definition) is 1. The maximum atomic E-state index is 10.9. The van der Waals surface area contributed by atoms with Crippen LogP contribution in [0.1, 0.15) is 16.2 Å². The number of fused-ring (bicyclic) bond motifs is 3. The van der Waals surface area contributed by atoms with Crippen LogP contribution in [0.2, 0.25) is 0 Å². The zero-order valence-corrected chi connectivity index (χ0v) is 11.2. The first-order chi connectivity index (χ1) is 10.2. The molecule has 0 amide bonds. The van der Waals surface area contributed by atoms with E-state index < -0.39 is 5.97 Å². The second-order valence-corrected chi connectivity index (χ2v) is 5.14. The Morgan fingerprint density at radius 3 is 2.62 bits per heavy atom. The number of imidazole rings is 1. The van der Waals surface area contributed by atoms with E-state index in [4.69, 9.17) is 5.11 Å². The van der Waals surface area contributed by atoms with Crippen molar-refractivity contribution in [3.05, 3.63) is 59.9 Å². The second kappa shape index (κ2) is 4.34. The van der Waals surface area contributed by atoms with Crippen LogP contribution in [-0.4, -0.2) is 20.6 Å². The van der Waals surface area contributed by atoms with Crippen LogP contribution in [0.4, 0.5) is 5.69 Å². The zero-order valence-electron chi connectivity index (χ0n) is 11.2. The van der Waals surface area contributed by atoms with Gasteiger partial charge in [0, 0.05) is 5.69 Å². The van der Waals surface area contributed by atoms with Gasteiger partial charge in [0.1, 0.15) is 5.82 Å². The van der Waals surface area contributed by atoms with Crippen LogP contribution in [0.3, 0.4) is 0 Å². The zero-order chi connectivity index (χ0) is 14.4. The summed E-state index contributed by atoms with van der Waals surface area (Å²) in [5.74, 6) is 0.139. The third kappa shape index (κ3) is 1.86. The number of aromatic carboxylic acids is 1. The SMILES string of the molecule is O=C(O)c1ccc(N2Cc3nc4ccccc4n3C2)cc1. The van der Waals surface area contributed by atoms with Crippen LogP contribution in [0.15, 0.2) is 48.5 Å². The fourth-order valence-corrected chi connectivity index (χ4v) is 2.78. The quantitative estimate of drug-likeness (QED) is 0.783. The highest BCUT2D eigenvalue weighted by Gasteiger charge is 2.22. The van der Waals surface area contributed by atoms with Crippen molar-refractivity contribution in [3.63, 3.8) is 0 Å². The Kier molecular flexibility index (Phi) is 2.47. The van der Waals surface area contributed by atoms with Gasteiger partial charge in [-0.25, -0.2) is 9.78 Å². The van der Waals surface area contributed by atoms with Crippen LogP contribution in [0, 0.1) is 0 Å². The molecule has 1 aliphatic heterocycles. The van der Waals surface area contributed by atoms with Crippen molar-refractivity contribution in [1.29, 1.82) is 0 Å². The molecule has 5 nitrogen and oxygen atoms in total. The number of nitrogens with zero attached hydrogens (tertiary/aromatic N) is 3. The number of rotatable bonds is 2. The highest BCUT2D eigenvalue weighted by atomic mass is 16.4. The predicted octanol–water partition coefficient (Wildman–Crippen LogP) is 2.71. The lowest BCUT2D eigenvalue weighted by atomic mass is 10.2. The molecule has 2 aromatic carbocycles. The highest BCUT2D eigenvalue weighted by Crippen LogP contribution is 2.27. The van der Waals surface area contributed by atoms with Crippen LogP contribution in [0.5, 0.6) is 0 Å². The average molecular weight is 279 g/mol. The summed E-state index contributed by atoms with van der Waals surface area (Å²) >= 11 is 0. The topological polar surface area (TPSA) is 58.4 Å². The molecular formula is C16H13N3O2. The van der Waals surface area contributed by atoms with Crippen molar-refractivity contribution < 1.29 is 9.90 Å². The molecule has 0 aliphatic carbocycles. The standard InChI is InChI=1S/C16H13N3O2/c20-16(21)11-5-7-12(8-6-11)18-9-15-17-13-3-1-2-4-14(13)19(15)10-18/h1-8H,9-10H2,(H,20,21). The Bertz CT molecular complexity index is 836. The number of para-hydroxylation sites is 2. The van der Waals surface area contributed by atoms with Gasteiger partial charge in [0.05, 0.1) is 29.8 Å². The van der Waals surface area contributed by atoms with Gasteiger partial charge in [-0.05, 0) is 36.4 Å². The number of carboxylic acid groups (broad SMARTS) is 1. The van der Waals surface area contributed by atoms with E-state index in [0.717, 1.165) is 35.8 Å². The summed E-state index contributed by atoms with van der Waals surface area (Å²) < 4.78 is 2.19. The molecule has 1 N–H and O–H groups in total. The van der Waals surface area contributed by atoms with Crippen LogP contribution >= 0.6 is 0 Å². The molecule has 21 heavy (non-hydrogen) atoms. The van der Waals surface area contributed by atoms with E-state index in [1.165, 1.54) is 0 Å². The Balaban J connectivity index is 1.65. The summed E-state index contributed by atoms with van der Waals surface area (Å²) in [5, 5.41) is 8.94. The van der Waals surface area contributed by atoms with Gasteiger partial charge < -0.3 is 14.6 Å². The van der Waals surface area contributed by atoms with Gasteiger partial charge in [-0.3, -0.25) is 0 Å². The van der Waals surface area contributed by atoms with Crippen molar-refractivity contribution in [2.45, 2.75) is 13.2 Å². The van der Waals surface area contributed by atoms with Crippen molar-refractivity contribution in [3.8, 4) is 0 Å². The van der Waals surface area contributed by atoms with E-state index in [2.05, 4.69) is 20.5 Å². The molecule has 0 unspecified atom stereocenters. The minimum Gasteiger partial charge on any atom is -0.478 e. The molecule has 0 bridgehead atoms. The smallest absolute Gasteiger partial charge is 0.335 e. The molecule has 0 atom stereocenters. The Morgan fingerprint density at radius 2 is 1.86 bits per heavy atom. The van der Waals surface area contributed by atoms with Gasteiger partial charge >= 0.3 is 5.97 Å². The van der Waals surface area contributed by atoms with E-state index in [1.54, 1.807) is 12.1 Å². The monoisotopic (exact) mass is 279 g/mol. The number of benzene rings is 2. The van der Waals surface area contributed by atoms with Gasteiger partial charge in [-0.1, -0.05) is 12.1 Å². The molecule has 1 aromatic heterocycles. The summed E-state index contributed by atoms with van der Waals surface area (Å²) in [5.41, 5.74) is 3.47. The molecule has 0 saturated carbocycles. The average Bonchev–Trinajstić information content (AvgIpc) is 3.05.